The summed E-state index contributed by atoms with van der Waals surface area (Å²) >= 11 is 0. The fourth-order valence-corrected chi connectivity index (χ4v) is 1.22. The Bertz CT molecular complexity index is 465. The van der Waals surface area contributed by atoms with Crippen LogP contribution in [-0.2, 0) is 9.53 Å². The third-order valence-corrected chi connectivity index (χ3v) is 2.03. The number of phenols is 3. The Labute approximate surface area is 108 Å². The van der Waals surface area contributed by atoms with E-state index >= 15 is 0 Å². The molecule has 0 heterocycles. The van der Waals surface area contributed by atoms with E-state index in [-0.39, 0.29) is 18.8 Å². The molecule has 1 rings (SSSR count). The van der Waals surface area contributed by atoms with E-state index in [9.17, 15) is 19.8 Å². The fraction of sp³-hybridized carbons (Fsp3) is 0.273. The first kappa shape index (κ1) is 14.4. The topological polar surface area (TPSA) is 128 Å². The number of urea groups is 1. The summed E-state index contributed by atoms with van der Waals surface area (Å²) in [5, 5.41) is 32.0. The minimum absolute atomic E-state index is 0.0501. The maximum atomic E-state index is 11.4. The molecule has 0 fully saturated rings. The van der Waals surface area contributed by atoms with Gasteiger partial charge in [-0.05, 0) is 6.92 Å². The van der Waals surface area contributed by atoms with Gasteiger partial charge < -0.3 is 30.7 Å². The number of amides is 2. The molecule has 0 bridgehead atoms. The van der Waals surface area contributed by atoms with Crippen LogP contribution in [0, 0.1) is 0 Å². The summed E-state index contributed by atoms with van der Waals surface area (Å²) in [5.74, 6) is -2.44. The summed E-state index contributed by atoms with van der Waals surface area (Å²) in [7, 11) is 0. The summed E-state index contributed by atoms with van der Waals surface area (Å²) in [5.41, 5.74) is 0.0501. The van der Waals surface area contributed by atoms with E-state index in [2.05, 4.69) is 15.4 Å². The molecule has 0 unspecified atom stereocenters. The number of hydrogen-bond acceptors (Lipinski definition) is 6. The average Bonchev–Trinajstić information content (AvgIpc) is 2.34. The first-order chi connectivity index (χ1) is 8.93. The van der Waals surface area contributed by atoms with Gasteiger partial charge in [-0.15, -0.1) is 0 Å². The second-order valence-corrected chi connectivity index (χ2v) is 3.48. The van der Waals surface area contributed by atoms with E-state index in [1.807, 2.05) is 0 Å². The molecule has 8 nitrogen and oxygen atoms in total. The predicted molar refractivity (Wildman–Crippen MR) is 65.1 cm³/mol. The number of phenolic OH excluding ortho intramolecular Hbond substituents is 3. The van der Waals surface area contributed by atoms with Crippen LogP contribution in [0.15, 0.2) is 12.1 Å². The Morgan fingerprint density at radius 1 is 1.21 bits per heavy atom. The Morgan fingerprint density at radius 2 is 1.79 bits per heavy atom. The molecule has 5 N–H and O–H groups in total. The molecule has 0 saturated carbocycles. The van der Waals surface area contributed by atoms with E-state index in [1.54, 1.807) is 6.92 Å². The maximum absolute atomic E-state index is 11.4. The second kappa shape index (κ2) is 6.34. The molecule has 104 valence electrons. The Hall–Kier alpha value is -2.64. The molecule has 0 aliphatic rings. The Morgan fingerprint density at radius 3 is 2.32 bits per heavy atom. The Kier molecular flexibility index (Phi) is 4.81. The summed E-state index contributed by atoms with van der Waals surface area (Å²) < 4.78 is 4.60. The van der Waals surface area contributed by atoms with Crippen LogP contribution in [0.4, 0.5) is 10.5 Å². The van der Waals surface area contributed by atoms with Gasteiger partial charge >= 0.3 is 12.0 Å². The zero-order valence-electron chi connectivity index (χ0n) is 10.1. The first-order valence-corrected chi connectivity index (χ1v) is 5.39. The van der Waals surface area contributed by atoms with Crippen LogP contribution >= 0.6 is 0 Å². The van der Waals surface area contributed by atoms with Crippen molar-refractivity contribution in [3.63, 3.8) is 0 Å². The van der Waals surface area contributed by atoms with E-state index in [4.69, 9.17) is 5.11 Å². The van der Waals surface area contributed by atoms with Crippen molar-refractivity contribution in [3.8, 4) is 17.2 Å². The summed E-state index contributed by atoms with van der Waals surface area (Å²) in [6.45, 7) is 1.54. The molecular weight excluding hydrogens is 256 g/mol. The van der Waals surface area contributed by atoms with E-state index in [0.717, 1.165) is 12.1 Å². The largest absolute Gasteiger partial charge is 0.504 e. The molecule has 0 spiro atoms. The minimum atomic E-state index is -0.724. The van der Waals surface area contributed by atoms with Gasteiger partial charge in [0.25, 0.3) is 0 Å². The number of hydrogen-bond donors (Lipinski definition) is 5. The van der Waals surface area contributed by atoms with Crippen molar-refractivity contribution >= 4 is 17.7 Å². The van der Waals surface area contributed by atoms with Crippen molar-refractivity contribution in [2.75, 3.05) is 18.5 Å². The predicted octanol–water partition coefficient (Wildman–Crippen LogP) is 0.488. The Balaban J connectivity index is 2.55. The number of benzene rings is 1. The number of nitrogens with one attached hydrogen (secondary N) is 2. The van der Waals surface area contributed by atoms with E-state index in [0.29, 0.717) is 0 Å². The molecule has 0 saturated heterocycles. The van der Waals surface area contributed by atoms with Gasteiger partial charge in [0.2, 0.25) is 0 Å². The molecule has 0 aliphatic heterocycles. The lowest BCUT2D eigenvalue weighted by Crippen LogP contribution is -2.34. The minimum Gasteiger partial charge on any atom is -0.504 e. The highest BCUT2D eigenvalue weighted by Gasteiger charge is 2.11. The number of carbonyl (C=O) groups excluding carboxylic acids is 2. The van der Waals surface area contributed by atoms with Crippen molar-refractivity contribution in [3.05, 3.63) is 12.1 Å². The smallest absolute Gasteiger partial charge is 0.325 e. The highest BCUT2D eigenvalue weighted by atomic mass is 16.5. The van der Waals surface area contributed by atoms with Gasteiger partial charge in [0.1, 0.15) is 6.54 Å². The van der Waals surface area contributed by atoms with Crippen molar-refractivity contribution in [2.45, 2.75) is 6.92 Å². The molecule has 1 aromatic carbocycles. The highest BCUT2D eigenvalue weighted by molar-refractivity contribution is 5.92. The number of carbonyl (C=O) groups is 2. The van der Waals surface area contributed by atoms with Gasteiger partial charge in [-0.2, -0.15) is 0 Å². The summed E-state index contributed by atoms with van der Waals surface area (Å²) in [6, 6.07) is 1.36. The van der Waals surface area contributed by atoms with E-state index < -0.39 is 29.2 Å². The molecule has 1 aromatic rings. The highest BCUT2D eigenvalue weighted by Crippen LogP contribution is 2.37. The van der Waals surface area contributed by atoms with Crippen LogP contribution in [0.25, 0.3) is 0 Å². The van der Waals surface area contributed by atoms with Crippen molar-refractivity contribution < 1.29 is 29.6 Å². The number of aromatic hydroxyl groups is 3. The van der Waals surface area contributed by atoms with Crippen LogP contribution in [0.2, 0.25) is 0 Å². The van der Waals surface area contributed by atoms with E-state index in [1.165, 1.54) is 0 Å². The standard InChI is InChI=1S/C11H14N2O6/c1-2-19-9(16)5-12-11(18)13-6-3-7(14)10(17)8(15)4-6/h3-4,14-15,17H,2,5H2,1H3,(H2,12,13,18). The lowest BCUT2D eigenvalue weighted by atomic mass is 10.2. The number of rotatable bonds is 4. The lowest BCUT2D eigenvalue weighted by molar-refractivity contribution is -0.141. The fourth-order valence-electron chi connectivity index (χ4n) is 1.22. The van der Waals surface area contributed by atoms with Crippen LogP contribution < -0.4 is 10.6 Å². The van der Waals surface area contributed by atoms with Gasteiger partial charge in [0.15, 0.2) is 17.2 Å². The zero-order chi connectivity index (χ0) is 14.4. The quantitative estimate of drug-likeness (QED) is 0.307. The van der Waals surface area contributed by atoms with Gasteiger partial charge in [0, 0.05) is 12.1 Å². The van der Waals surface area contributed by atoms with Crippen molar-refractivity contribution in [1.29, 1.82) is 0 Å². The van der Waals surface area contributed by atoms with Crippen LogP contribution in [0.5, 0.6) is 17.2 Å². The normalized spacial score (nSPS) is 9.74. The van der Waals surface area contributed by atoms with Gasteiger partial charge in [-0.3, -0.25) is 4.79 Å². The van der Waals surface area contributed by atoms with Crippen LogP contribution in [-0.4, -0.2) is 40.5 Å². The third-order valence-electron chi connectivity index (χ3n) is 2.03. The van der Waals surface area contributed by atoms with Crippen molar-refractivity contribution in [2.24, 2.45) is 0 Å². The van der Waals surface area contributed by atoms with Crippen LogP contribution in [0.3, 0.4) is 0 Å². The summed E-state index contributed by atoms with van der Waals surface area (Å²) in [6.07, 6.45) is 0. The van der Waals surface area contributed by atoms with Gasteiger partial charge in [-0.1, -0.05) is 0 Å². The molecular formula is C11H14N2O6. The second-order valence-electron chi connectivity index (χ2n) is 3.48. The molecule has 19 heavy (non-hydrogen) atoms. The number of ether oxygens (including phenoxy) is 1. The molecule has 0 radical (unpaired) electrons. The SMILES string of the molecule is CCOC(=O)CNC(=O)Nc1cc(O)c(O)c(O)c1. The molecule has 0 aliphatic carbocycles. The summed E-state index contributed by atoms with van der Waals surface area (Å²) in [4.78, 5) is 22.3. The molecule has 2 amide bonds. The third kappa shape index (κ3) is 4.26. The van der Waals surface area contributed by atoms with Gasteiger partial charge in [0.05, 0.1) is 12.3 Å². The molecule has 8 heteroatoms. The average molecular weight is 270 g/mol. The lowest BCUT2D eigenvalue weighted by Gasteiger charge is -2.09. The first-order valence-electron chi connectivity index (χ1n) is 5.39. The number of anilines is 1. The molecule has 0 atom stereocenters. The number of esters is 1. The molecule has 0 aromatic heterocycles. The monoisotopic (exact) mass is 270 g/mol. The zero-order valence-corrected chi connectivity index (χ0v) is 10.1. The maximum Gasteiger partial charge on any atom is 0.325 e. The van der Waals surface area contributed by atoms with Crippen LogP contribution in [0.1, 0.15) is 6.92 Å². The van der Waals surface area contributed by atoms with Gasteiger partial charge in [-0.25, -0.2) is 4.79 Å². The van der Waals surface area contributed by atoms with Crippen molar-refractivity contribution in [1.82, 2.24) is 5.32 Å².